The second-order valence-corrected chi connectivity index (χ2v) is 5.12. The van der Waals surface area contributed by atoms with Crippen molar-refractivity contribution >= 4 is 5.69 Å². The van der Waals surface area contributed by atoms with Gasteiger partial charge in [0.15, 0.2) is 0 Å². The summed E-state index contributed by atoms with van der Waals surface area (Å²) in [7, 11) is 2.09. The average molecular weight is 252 g/mol. The smallest absolute Gasteiger partial charge is 0.125 e. The van der Waals surface area contributed by atoms with Crippen molar-refractivity contribution in [1.82, 2.24) is 4.90 Å². The number of hydrogen-bond donors (Lipinski definition) is 1. The zero-order chi connectivity index (χ0) is 13.1. The molecule has 0 aromatic heterocycles. The van der Waals surface area contributed by atoms with Crippen LogP contribution < -0.4 is 4.90 Å². The van der Waals surface area contributed by atoms with E-state index < -0.39 is 0 Å². The molecule has 2 rings (SSSR count). The van der Waals surface area contributed by atoms with Crippen LogP contribution in [0.25, 0.3) is 0 Å². The van der Waals surface area contributed by atoms with Crippen LogP contribution in [-0.2, 0) is 0 Å². The molecule has 1 heterocycles. The predicted octanol–water partition coefficient (Wildman–Crippen LogP) is 1.72. The topological polar surface area (TPSA) is 26.7 Å². The van der Waals surface area contributed by atoms with Crippen LogP contribution >= 0.6 is 0 Å². The fraction of sp³-hybridized carbons (Fsp3) is 0.571. The molecule has 100 valence electrons. The molecule has 0 spiro atoms. The van der Waals surface area contributed by atoms with Crippen LogP contribution in [0.2, 0.25) is 0 Å². The van der Waals surface area contributed by atoms with E-state index in [-0.39, 0.29) is 18.5 Å². The van der Waals surface area contributed by atoms with E-state index in [9.17, 15) is 9.50 Å². The lowest BCUT2D eigenvalue weighted by molar-refractivity contribution is 0.198. The fourth-order valence-electron chi connectivity index (χ4n) is 2.90. The van der Waals surface area contributed by atoms with Gasteiger partial charge in [0.25, 0.3) is 0 Å². The van der Waals surface area contributed by atoms with E-state index in [4.69, 9.17) is 0 Å². The summed E-state index contributed by atoms with van der Waals surface area (Å²) in [6.07, 6.45) is 0.713. The Balaban J connectivity index is 2.26. The maximum atomic E-state index is 13.4. The van der Waals surface area contributed by atoms with Gasteiger partial charge in [-0.2, -0.15) is 0 Å². The third-order valence-corrected chi connectivity index (χ3v) is 3.54. The summed E-state index contributed by atoms with van der Waals surface area (Å²) in [6.45, 7) is 4.17. The van der Waals surface area contributed by atoms with Gasteiger partial charge in [0, 0.05) is 37.5 Å². The first-order chi connectivity index (χ1) is 8.61. The molecule has 1 aromatic carbocycles. The molecule has 1 aliphatic heterocycles. The first kappa shape index (κ1) is 13.3. The van der Waals surface area contributed by atoms with Gasteiger partial charge < -0.3 is 14.9 Å². The van der Waals surface area contributed by atoms with Gasteiger partial charge in [-0.05, 0) is 38.6 Å². The number of piperazine rings is 1. The van der Waals surface area contributed by atoms with Crippen molar-refractivity contribution in [2.45, 2.75) is 25.4 Å². The SMILES string of the molecule is CC1CN(C)CC(CCO)N1c1cccc(F)c1. The van der Waals surface area contributed by atoms with Crippen molar-refractivity contribution in [3.05, 3.63) is 30.1 Å². The second kappa shape index (κ2) is 5.67. The van der Waals surface area contributed by atoms with Crippen molar-refractivity contribution < 1.29 is 9.50 Å². The molecule has 18 heavy (non-hydrogen) atoms. The van der Waals surface area contributed by atoms with E-state index in [2.05, 4.69) is 23.8 Å². The lowest BCUT2D eigenvalue weighted by Crippen LogP contribution is -2.57. The van der Waals surface area contributed by atoms with Crippen LogP contribution in [0.1, 0.15) is 13.3 Å². The Morgan fingerprint density at radius 3 is 2.83 bits per heavy atom. The summed E-state index contributed by atoms with van der Waals surface area (Å²) in [4.78, 5) is 4.50. The maximum absolute atomic E-state index is 13.4. The summed E-state index contributed by atoms with van der Waals surface area (Å²) >= 11 is 0. The molecule has 4 heteroatoms. The van der Waals surface area contributed by atoms with Gasteiger partial charge in [0.05, 0.1) is 0 Å². The summed E-state index contributed by atoms with van der Waals surface area (Å²) in [5.74, 6) is -0.207. The Labute approximate surface area is 108 Å². The van der Waals surface area contributed by atoms with Gasteiger partial charge in [-0.1, -0.05) is 6.07 Å². The molecular weight excluding hydrogens is 231 g/mol. The van der Waals surface area contributed by atoms with Gasteiger partial charge in [-0.15, -0.1) is 0 Å². The predicted molar refractivity (Wildman–Crippen MR) is 71.3 cm³/mol. The van der Waals surface area contributed by atoms with Crippen LogP contribution in [0, 0.1) is 5.82 Å². The number of benzene rings is 1. The molecule has 2 unspecified atom stereocenters. The Morgan fingerprint density at radius 2 is 2.17 bits per heavy atom. The summed E-state index contributed by atoms with van der Waals surface area (Å²) in [6, 6.07) is 7.28. The van der Waals surface area contributed by atoms with E-state index >= 15 is 0 Å². The molecule has 3 nitrogen and oxygen atoms in total. The lowest BCUT2D eigenvalue weighted by Gasteiger charge is -2.46. The molecule has 0 radical (unpaired) electrons. The Kier molecular flexibility index (Phi) is 4.19. The van der Waals surface area contributed by atoms with Crippen molar-refractivity contribution in [3.8, 4) is 0 Å². The largest absolute Gasteiger partial charge is 0.396 e. The molecule has 1 aliphatic rings. The lowest BCUT2D eigenvalue weighted by atomic mass is 10.0. The van der Waals surface area contributed by atoms with Crippen molar-refractivity contribution in [2.75, 3.05) is 31.6 Å². The molecule has 1 N–H and O–H groups in total. The summed E-state index contributed by atoms with van der Waals surface area (Å²) in [5.41, 5.74) is 0.911. The number of aliphatic hydroxyl groups excluding tert-OH is 1. The first-order valence-corrected chi connectivity index (χ1v) is 6.45. The van der Waals surface area contributed by atoms with Gasteiger partial charge in [-0.3, -0.25) is 0 Å². The normalized spacial score (nSPS) is 25.4. The number of hydrogen-bond acceptors (Lipinski definition) is 3. The van der Waals surface area contributed by atoms with Crippen LogP contribution in [0.3, 0.4) is 0 Å². The Hall–Kier alpha value is -1.13. The molecule has 1 aromatic rings. The second-order valence-electron chi connectivity index (χ2n) is 5.12. The highest BCUT2D eigenvalue weighted by Gasteiger charge is 2.30. The number of aliphatic hydroxyl groups is 1. The molecule has 0 bridgehead atoms. The molecule has 2 atom stereocenters. The highest BCUT2D eigenvalue weighted by molar-refractivity contribution is 5.49. The third kappa shape index (κ3) is 2.82. The quantitative estimate of drug-likeness (QED) is 0.887. The number of halogens is 1. The van der Waals surface area contributed by atoms with Gasteiger partial charge >= 0.3 is 0 Å². The van der Waals surface area contributed by atoms with Gasteiger partial charge in [0.2, 0.25) is 0 Å². The number of anilines is 1. The zero-order valence-corrected chi connectivity index (χ0v) is 11.0. The van der Waals surface area contributed by atoms with Crippen LogP contribution in [0.5, 0.6) is 0 Å². The average Bonchev–Trinajstić information content (AvgIpc) is 2.28. The molecule has 0 amide bonds. The van der Waals surface area contributed by atoms with E-state index in [1.54, 1.807) is 12.1 Å². The number of likely N-dealkylation sites (N-methyl/N-ethyl adjacent to an activating group) is 1. The third-order valence-electron chi connectivity index (χ3n) is 3.54. The number of rotatable bonds is 3. The van der Waals surface area contributed by atoms with Crippen molar-refractivity contribution in [3.63, 3.8) is 0 Å². The molecular formula is C14H21FN2O. The van der Waals surface area contributed by atoms with E-state index in [0.717, 1.165) is 18.8 Å². The Morgan fingerprint density at radius 1 is 1.39 bits per heavy atom. The molecule has 1 fully saturated rings. The zero-order valence-electron chi connectivity index (χ0n) is 11.0. The fourth-order valence-corrected chi connectivity index (χ4v) is 2.90. The van der Waals surface area contributed by atoms with Crippen molar-refractivity contribution in [1.29, 1.82) is 0 Å². The molecule has 0 aliphatic carbocycles. The van der Waals surface area contributed by atoms with Crippen LogP contribution in [0.15, 0.2) is 24.3 Å². The van der Waals surface area contributed by atoms with E-state index in [1.807, 2.05) is 6.07 Å². The molecule has 0 saturated carbocycles. The van der Waals surface area contributed by atoms with E-state index in [1.165, 1.54) is 6.07 Å². The Bertz CT molecular complexity index is 399. The highest BCUT2D eigenvalue weighted by atomic mass is 19.1. The first-order valence-electron chi connectivity index (χ1n) is 6.45. The standard InChI is InChI=1S/C14H21FN2O/c1-11-9-16(2)10-14(6-7-18)17(11)13-5-3-4-12(15)8-13/h3-5,8,11,14,18H,6-7,9-10H2,1-2H3. The minimum atomic E-state index is -0.207. The number of nitrogens with zero attached hydrogens (tertiary/aromatic N) is 2. The summed E-state index contributed by atoms with van der Waals surface area (Å²) in [5, 5.41) is 9.19. The summed E-state index contributed by atoms with van der Waals surface area (Å²) < 4.78 is 13.4. The maximum Gasteiger partial charge on any atom is 0.125 e. The monoisotopic (exact) mass is 252 g/mol. The minimum Gasteiger partial charge on any atom is -0.396 e. The van der Waals surface area contributed by atoms with Gasteiger partial charge in [0.1, 0.15) is 5.82 Å². The van der Waals surface area contributed by atoms with Crippen LogP contribution in [0.4, 0.5) is 10.1 Å². The van der Waals surface area contributed by atoms with Gasteiger partial charge in [-0.25, -0.2) is 4.39 Å². The molecule has 1 saturated heterocycles. The van der Waals surface area contributed by atoms with Crippen molar-refractivity contribution in [2.24, 2.45) is 0 Å². The highest BCUT2D eigenvalue weighted by Crippen LogP contribution is 2.26. The minimum absolute atomic E-state index is 0.164. The van der Waals surface area contributed by atoms with Crippen LogP contribution in [-0.4, -0.2) is 48.8 Å². The van der Waals surface area contributed by atoms with E-state index in [0.29, 0.717) is 12.5 Å².